The maximum atomic E-state index is 12.2. The van der Waals surface area contributed by atoms with Crippen LogP contribution in [0.15, 0.2) is 34.2 Å². The number of nitrogens with zero attached hydrogens (tertiary/aromatic N) is 2. The minimum absolute atomic E-state index is 0.0617. The van der Waals surface area contributed by atoms with Crippen LogP contribution in [0.2, 0.25) is 0 Å². The Hall–Kier alpha value is -2.02. The van der Waals surface area contributed by atoms with E-state index < -0.39 is 0 Å². The van der Waals surface area contributed by atoms with Crippen molar-refractivity contribution in [3.63, 3.8) is 0 Å². The van der Waals surface area contributed by atoms with E-state index in [1.165, 1.54) is 17.3 Å². The fraction of sp³-hybridized carbons (Fsp3) is 0.438. The fourth-order valence-corrected chi connectivity index (χ4v) is 3.23. The van der Waals surface area contributed by atoms with Crippen molar-refractivity contribution in [1.29, 1.82) is 0 Å². The van der Waals surface area contributed by atoms with Crippen molar-refractivity contribution in [2.45, 2.75) is 49.7 Å². The molecule has 0 saturated heterocycles. The summed E-state index contributed by atoms with van der Waals surface area (Å²) in [7, 11) is 0. The fourth-order valence-electron chi connectivity index (χ4n) is 2.28. The highest BCUT2D eigenvalue weighted by Crippen LogP contribution is 2.36. The van der Waals surface area contributed by atoms with E-state index in [9.17, 15) is 9.59 Å². The van der Waals surface area contributed by atoms with Gasteiger partial charge in [-0.1, -0.05) is 41.6 Å². The van der Waals surface area contributed by atoms with E-state index in [1.807, 2.05) is 38.1 Å². The Morgan fingerprint density at radius 1 is 1.43 bits per heavy atom. The standard InChI is InChI=1S/C16H20N4O2S/c1-10-3-5-12(6-4-10)9-17-14(21)11(2)23-16-19-18-15(22)20(16)13-7-8-13/h3-6,11,13H,7-9H2,1-2H3,(H,17,21)(H,18,22)/t11-/m0/s1. The summed E-state index contributed by atoms with van der Waals surface area (Å²) in [6.07, 6.45) is 2.00. The van der Waals surface area contributed by atoms with Crippen molar-refractivity contribution in [2.24, 2.45) is 0 Å². The maximum Gasteiger partial charge on any atom is 0.344 e. The Labute approximate surface area is 138 Å². The number of carbonyl (C=O) groups excluding carboxylic acids is 1. The first kappa shape index (κ1) is 15.9. The molecule has 1 heterocycles. The number of aromatic nitrogens is 3. The topological polar surface area (TPSA) is 79.8 Å². The molecule has 0 spiro atoms. The third-order valence-corrected chi connectivity index (χ3v) is 4.89. The van der Waals surface area contributed by atoms with Crippen LogP contribution in [0.1, 0.15) is 36.9 Å². The molecule has 2 aromatic rings. The highest BCUT2D eigenvalue weighted by atomic mass is 32.2. The molecule has 1 aliphatic carbocycles. The highest BCUT2D eigenvalue weighted by molar-refractivity contribution is 8.00. The maximum absolute atomic E-state index is 12.2. The van der Waals surface area contributed by atoms with Crippen LogP contribution in [0.25, 0.3) is 0 Å². The Morgan fingerprint density at radius 3 is 2.78 bits per heavy atom. The summed E-state index contributed by atoms with van der Waals surface area (Å²) < 4.78 is 1.66. The zero-order chi connectivity index (χ0) is 16.4. The van der Waals surface area contributed by atoms with Gasteiger partial charge >= 0.3 is 5.69 Å². The number of aromatic amines is 1. The van der Waals surface area contributed by atoms with E-state index in [-0.39, 0.29) is 22.9 Å². The third-order valence-electron chi connectivity index (χ3n) is 3.82. The number of thioether (sulfide) groups is 1. The molecule has 23 heavy (non-hydrogen) atoms. The normalized spacial score (nSPS) is 15.4. The molecule has 122 valence electrons. The molecular weight excluding hydrogens is 312 g/mol. The van der Waals surface area contributed by atoms with Gasteiger partial charge in [0.1, 0.15) is 0 Å². The summed E-state index contributed by atoms with van der Waals surface area (Å²) in [6, 6.07) is 8.30. The summed E-state index contributed by atoms with van der Waals surface area (Å²) in [4.78, 5) is 24.0. The van der Waals surface area contributed by atoms with Gasteiger partial charge in [0.05, 0.1) is 5.25 Å². The van der Waals surface area contributed by atoms with Crippen LogP contribution in [-0.4, -0.2) is 25.9 Å². The largest absolute Gasteiger partial charge is 0.351 e. The van der Waals surface area contributed by atoms with E-state index >= 15 is 0 Å². The number of aryl methyl sites for hydroxylation is 1. The van der Waals surface area contributed by atoms with Gasteiger partial charge in [-0.05, 0) is 32.3 Å². The van der Waals surface area contributed by atoms with Gasteiger partial charge < -0.3 is 5.32 Å². The van der Waals surface area contributed by atoms with Crippen molar-refractivity contribution < 1.29 is 4.79 Å². The molecule has 1 fully saturated rings. The van der Waals surface area contributed by atoms with Gasteiger partial charge in [0, 0.05) is 12.6 Å². The van der Waals surface area contributed by atoms with Crippen LogP contribution in [-0.2, 0) is 11.3 Å². The first-order valence-electron chi connectivity index (χ1n) is 7.71. The number of hydrogen-bond donors (Lipinski definition) is 2. The summed E-state index contributed by atoms with van der Waals surface area (Å²) in [5, 5.41) is 9.71. The summed E-state index contributed by atoms with van der Waals surface area (Å²) in [6.45, 7) is 4.36. The van der Waals surface area contributed by atoms with Gasteiger partial charge in [0.15, 0.2) is 5.16 Å². The van der Waals surface area contributed by atoms with Gasteiger partial charge in [0.2, 0.25) is 5.91 Å². The minimum atomic E-state index is -0.312. The van der Waals surface area contributed by atoms with E-state index in [4.69, 9.17) is 0 Å². The number of hydrogen-bond acceptors (Lipinski definition) is 4. The molecule has 0 bridgehead atoms. The molecular formula is C16H20N4O2S. The number of amides is 1. The Kier molecular flexibility index (Phi) is 4.56. The smallest absolute Gasteiger partial charge is 0.344 e. The van der Waals surface area contributed by atoms with Crippen molar-refractivity contribution >= 4 is 17.7 Å². The van der Waals surface area contributed by atoms with E-state index in [0.29, 0.717) is 11.7 Å². The Balaban J connectivity index is 1.57. The summed E-state index contributed by atoms with van der Waals surface area (Å²) in [5.41, 5.74) is 2.07. The zero-order valence-corrected chi connectivity index (χ0v) is 14.0. The molecule has 0 unspecified atom stereocenters. The molecule has 0 radical (unpaired) electrons. The lowest BCUT2D eigenvalue weighted by atomic mass is 10.1. The molecule has 1 atom stereocenters. The SMILES string of the molecule is Cc1ccc(CNC(=O)[C@H](C)Sc2n[nH]c(=O)n2C2CC2)cc1. The van der Waals surface area contributed by atoms with Crippen molar-refractivity contribution in [3.05, 3.63) is 45.9 Å². The average Bonchev–Trinajstić information content (AvgIpc) is 3.30. The molecule has 1 saturated carbocycles. The first-order chi connectivity index (χ1) is 11.0. The predicted octanol–water partition coefficient (Wildman–Crippen LogP) is 2.01. The zero-order valence-electron chi connectivity index (χ0n) is 13.2. The number of carbonyl (C=O) groups is 1. The first-order valence-corrected chi connectivity index (χ1v) is 8.59. The third kappa shape index (κ3) is 3.85. The predicted molar refractivity (Wildman–Crippen MR) is 89.5 cm³/mol. The molecule has 1 aliphatic rings. The second-order valence-electron chi connectivity index (χ2n) is 5.88. The van der Waals surface area contributed by atoms with Crippen LogP contribution in [0.4, 0.5) is 0 Å². The second-order valence-corrected chi connectivity index (χ2v) is 7.18. The van der Waals surface area contributed by atoms with Crippen molar-refractivity contribution in [3.8, 4) is 0 Å². The van der Waals surface area contributed by atoms with Gasteiger partial charge in [-0.25, -0.2) is 9.89 Å². The van der Waals surface area contributed by atoms with Crippen LogP contribution in [0.3, 0.4) is 0 Å². The summed E-state index contributed by atoms with van der Waals surface area (Å²) >= 11 is 1.31. The monoisotopic (exact) mass is 332 g/mol. The molecule has 0 aliphatic heterocycles. The van der Waals surface area contributed by atoms with Crippen LogP contribution < -0.4 is 11.0 Å². The lowest BCUT2D eigenvalue weighted by molar-refractivity contribution is -0.120. The van der Waals surface area contributed by atoms with Gasteiger partial charge in [-0.15, -0.1) is 5.10 Å². The lowest BCUT2D eigenvalue weighted by Crippen LogP contribution is -2.30. The molecule has 7 heteroatoms. The van der Waals surface area contributed by atoms with Crippen molar-refractivity contribution in [2.75, 3.05) is 0 Å². The Morgan fingerprint density at radius 2 is 2.13 bits per heavy atom. The van der Waals surface area contributed by atoms with Crippen LogP contribution in [0, 0.1) is 6.92 Å². The van der Waals surface area contributed by atoms with Crippen LogP contribution >= 0.6 is 11.8 Å². The van der Waals surface area contributed by atoms with Gasteiger partial charge in [0.25, 0.3) is 0 Å². The molecule has 6 nitrogen and oxygen atoms in total. The van der Waals surface area contributed by atoms with E-state index in [2.05, 4.69) is 15.5 Å². The van der Waals surface area contributed by atoms with Gasteiger partial charge in [-0.2, -0.15) is 0 Å². The number of rotatable bonds is 6. The molecule has 1 aromatic carbocycles. The Bertz CT molecular complexity index is 746. The average molecular weight is 332 g/mol. The number of benzene rings is 1. The van der Waals surface area contributed by atoms with E-state index in [1.54, 1.807) is 4.57 Å². The number of nitrogens with one attached hydrogen (secondary N) is 2. The summed E-state index contributed by atoms with van der Waals surface area (Å²) in [5.74, 6) is -0.0617. The van der Waals surface area contributed by atoms with Gasteiger partial charge in [-0.3, -0.25) is 9.36 Å². The van der Waals surface area contributed by atoms with Crippen LogP contribution in [0.5, 0.6) is 0 Å². The van der Waals surface area contributed by atoms with E-state index in [0.717, 1.165) is 18.4 Å². The van der Waals surface area contributed by atoms with Crippen molar-refractivity contribution in [1.82, 2.24) is 20.1 Å². The minimum Gasteiger partial charge on any atom is -0.351 e. The molecule has 3 rings (SSSR count). The molecule has 1 amide bonds. The molecule has 1 aromatic heterocycles. The highest BCUT2D eigenvalue weighted by Gasteiger charge is 2.30. The molecule has 2 N–H and O–H groups in total. The number of H-pyrrole nitrogens is 1. The lowest BCUT2D eigenvalue weighted by Gasteiger charge is -2.12. The second kappa shape index (κ2) is 6.62. The quantitative estimate of drug-likeness (QED) is 0.793.